The fourth-order valence-electron chi connectivity index (χ4n) is 1.67. The molecule has 10 heteroatoms. The molecule has 0 atom stereocenters. The van der Waals surface area contributed by atoms with Crippen molar-refractivity contribution in [2.75, 3.05) is 0 Å². The van der Waals surface area contributed by atoms with Crippen LogP contribution in [0.1, 0.15) is 32.2 Å². The molecule has 0 amide bonds. The van der Waals surface area contributed by atoms with Crippen LogP contribution >= 0.6 is 0 Å². The zero-order valence-corrected chi connectivity index (χ0v) is 9.79. The molecule has 1 rings (SSSR count). The molecule has 0 unspecified atom stereocenters. The molecule has 0 aliphatic rings. The molecule has 21 heavy (non-hydrogen) atoms. The summed E-state index contributed by atoms with van der Waals surface area (Å²) in [6, 6.07) is 0.755. The number of alkyl halides is 6. The van der Waals surface area contributed by atoms with Crippen molar-refractivity contribution in [1.82, 2.24) is 0 Å². The molecule has 0 radical (unpaired) electrons. The van der Waals surface area contributed by atoms with E-state index < -0.39 is 46.9 Å². The van der Waals surface area contributed by atoms with Crippen LogP contribution < -0.4 is 0 Å². The van der Waals surface area contributed by atoms with Crippen LogP contribution in [0.2, 0.25) is 0 Å². The Morgan fingerprint density at radius 3 is 1.62 bits per heavy atom. The van der Waals surface area contributed by atoms with Gasteiger partial charge in [0.15, 0.2) is 5.92 Å². The quantitative estimate of drug-likeness (QED) is 0.839. The van der Waals surface area contributed by atoms with Gasteiger partial charge in [-0.15, -0.1) is 0 Å². The van der Waals surface area contributed by atoms with Crippen LogP contribution in [0.15, 0.2) is 18.2 Å². The van der Waals surface area contributed by atoms with Gasteiger partial charge in [0.05, 0.1) is 11.1 Å². The van der Waals surface area contributed by atoms with Crippen LogP contribution in [-0.2, 0) is 0 Å². The first kappa shape index (κ1) is 16.8. The maximum atomic E-state index is 12.5. The van der Waals surface area contributed by atoms with Gasteiger partial charge in [0.25, 0.3) is 0 Å². The normalized spacial score (nSPS) is 12.5. The second kappa shape index (κ2) is 5.26. The van der Waals surface area contributed by atoms with Gasteiger partial charge in [-0.05, 0) is 17.7 Å². The molecule has 0 bridgehead atoms. The third kappa shape index (κ3) is 3.64. The second-order valence-electron chi connectivity index (χ2n) is 3.93. The monoisotopic (exact) mass is 316 g/mol. The number of carboxylic acid groups (broad SMARTS) is 2. The van der Waals surface area contributed by atoms with Gasteiger partial charge in [-0.1, -0.05) is 6.07 Å². The Labute approximate surface area is 112 Å². The summed E-state index contributed by atoms with van der Waals surface area (Å²) < 4.78 is 75.1. The zero-order chi connectivity index (χ0) is 16.6. The van der Waals surface area contributed by atoms with Crippen LogP contribution in [0.5, 0.6) is 0 Å². The first-order chi connectivity index (χ1) is 9.35. The molecule has 4 nitrogen and oxygen atoms in total. The van der Waals surface area contributed by atoms with Crippen molar-refractivity contribution in [2.45, 2.75) is 18.3 Å². The van der Waals surface area contributed by atoms with Crippen molar-refractivity contribution < 1.29 is 46.1 Å². The Morgan fingerprint density at radius 1 is 0.857 bits per heavy atom. The summed E-state index contributed by atoms with van der Waals surface area (Å²) in [4.78, 5) is 21.5. The topological polar surface area (TPSA) is 74.6 Å². The highest BCUT2D eigenvalue weighted by Crippen LogP contribution is 2.46. The van der Waals surface area contributed by atoms with E-state index in [2.05, 4.69) is 0 Å². The summed E-state index contributed by atoms with van der Waals surface area (Å²) in [5.41, 5.74) is -3.45. The Kier molecular flexibility index (Phi) is 4.21. The molecule has 2 N–H and O–H groups in total. The van der Waals surface area contributed by atoms with Gasteiger partial charge in [-0.3, -0.25) is 0 Å². The molecular formula is C11H6F6O4. The van der Waals surface area contributed by atoms with Gasteiger partial charge in [-0.2, -0.15) is 26.3 Å². The van der Waals surface area contributed by atoms with E-state index in [0.29, 0.717) is 12.1 Å². The van der Waals surface area contributed by atoms with E-state index in [1.54, 1.807) is 0 Å². The number of hydrogen-bond donors (Lipinski definition) is 2. The smallest absolute Gasteiger partial charge is 0.404 e. The van der Waals surface area contributed by atoms with Crippen molar-refractivity contribution in [3.05, 3.63) is 34.9 Å². The summed E-state index contributed by atoms with van der Waals surface area (Å²) in [6.07, 6.45) is -11.4. The second-order valence-corrected chi connectivity index (χ2v) is 3.93. The zero-order valence-electron chi connectivity index (χ0n) is 9.79. The van der Waals surface area contributed by atoms with Crippen molar-refractivity contribution in [3.63, 3.8) is 0 Å². The predicted octanol–water partition coefficient (Wildman–Crippen LogP) is 3.29. The number of carbonyl (C=O) groups is 2. The minimum Gasteiger partial charge on any atom is -0.478 e. The van der Waals surface area contributed by atoms with Gasteiger partial charge in [-0.25, -0.2) is 9.59 Å². The Bertz CT molecular complexity index is 561. The van der Waals surface area contributed by atoms with Gasteiger partial charge in [0.1, 0.15) is 0 Å². The average molecular weight is 316 g/mol. The SMILES string of the molecule is O=C(O)c1ccc(C(C(F)(F)F)C(F)(F)F)cc1C(=O)O. The average Bonchev–Trinajstić information content (AvgIpc) is 2.24. The molecule has 0 saturated heterocycles. The van der Waals surface area contributed by atoms with Crippen molar-refractivity contribution in [1.29, 1.82) is 0 Å². The number of aromatic carboxylic acids is 2. The van der Waals surface area contributed by atoms with E-state index in [0.717, 1.165) is 0 Å². The number of carboxylic acids is 2. The van der Waals surface area contributed by atoms with E-state index >= 15 is 0 Å². The van der Waals surface area contributed by atoms with Gasteiger partial charge in [0, 0.05) is 0 Å². The molecule has 0 heterocycles. The molecule has 0 aromatic heterocycles. The molecule has 0 spiro atoms. The molecule has 116 valence electrons. The van der Waals surface area contributed by atoms with E-state index in [4.69, 9.17) is 10.2 Å². The highest BCUT2D eigenvalue weighted by molar-refractivity contribution is 6.01. The maximum absolute atomic E-state index is 12.5. The molecule has 0 aliphatic heterocycles. The van der Waals surface area contributed by atoms with E-state index in [1.165, 1.54) is 0 Å². The lowest BCUT2D eigenvalue weighted by Crippen LogP contribution is -2.34. The standard InChI is InChI=1S/C11H6F6O4/c12-10(13,14)7(11(15,16)17)4-1-2-5(8(18)19)6(3-4)9(20)21/h1-3,7H,(H,18,19)(H,20,21). The number of rotatable bonds is 3. The largest absolute Gasteiger partial charge is 0.478 e. The summed E-state index contributed by atoms with van der Waals surface area (Å²) in [5, 5.41) is 17.4. The summed E-state index contributed by atoms with van der Waals surface area (Å²) in [7, 11) is 0. The molecule has 0 aliphatic carbocycles. The highest BCUT2D eigenvalue weighted by Gasteiger charge is 2.57. The van der Waals surface area contributed by atoms with Gasteiger partial charge in [0.2, 0.25) is 0 Å². The molecular weight excluding hydrogens is 310 g/mol. The van der Waals surface area contributed by atoms with Crippen LogP contribution in [0, 0.1) is 0 Å². The lowest BCUT2D eigenvalue weighted by atomic mass is 9.93. The molecule has 1 aromatic carbocycles. The number of halogens is 6. The van der Waals surface area contributed by atoms with Crippen molar-refractivity contribution in [3.8, 4) is 0 Å². The molecule has 0 fully saturated rings. The fraction of sp³-hybridized carbons (Fsp3) is 0.273. The third-order valence-corrected chi connectivity index (χ3v) is 2.49. The van der Waals surface area contributed by atoms with E-state index in [-0.39, 0.29) is 6.07 Å². The predicted molar refractivity (Wildman–Crippen MR) is 55.2 cm³/mol. The minimum atomic E-state index is -5.70. The van der Waals surface area contributed by atoms with Crippen LogP contribution in [0.25, 0.3) is 0 Å². The van der Waals surface area contributed by atoms with Crippen molar-refractivity contribution >= 4 is 11.9 Å². The Morgan fingerprint density at radius 2 is 1.29 bits per heavy atom. The van der Waals surface area contributed by atoms with Gasteiger partial charge < -0.3 is 10.2 Å². The highest BCUT2D eigenvalue weighted by atomic mass is 19.4. The number of hydrogen-bond acceptors (Lipinski definition) is 2. The third-order valence-electron chi connectivity index (χ3n) is 2.49. The summed E-state index contributed by atoms with van der Waals surface area (Å²) >= 11 is 0. The van der Waals surface area contributed by atoms with Gasteiger partial charge >= 0.3 is 24.3 Å². The maximum Gasteiger partial charge on any atom is 0.404 e. The van der Waals surface area contributed by atoms with Crippen LogP contribution in [-0.4, -0.2) is 34.5 Å². The van der Waals surface area contributed by atoms with Crippen LogP contribution in [0.3, 0.4) is 0 Å². The van der Waals surface area contributed by atoms with E-state index in [9.17, 15) is 35.9 Å². The minimum absolute atomic E-state index is 0.0669. The summed E-state index contributed by atoms with van der Waals surface area (Å²) in [6.45, 7) is 0. The Hall–Kier alpha value is -2.26. The summed E-state index contributed by atoms with van der Waals surface area (Å²) in [5.74, 6) is -7.63. The first-order valence-electron chi connectivity index (χ1n) is 5.09. The van der Waals surface area contributed by atoms with Crippen molar-refractivity contribution in [2.24, 2.45) is 0 Å². The Balaban J connectivity index is 3.52. The lowest BCUT2D eigenvalue weighted by Gasteiger charge is -2.23. The fourth-order valence-corrected chi connectivity index (χ4v) is 1.67. The van der Waals surface area contributed by atoms with Crippen LogP contribution in [0.4, 0.5) is 26.3 Å². The molecule has 1 aromatic rings. The number of benzene rings is 1. The molecule has 0 saturated carbocycles. The first-order valence-corrected chi connectivity index (χ1v) is 5.09. The van der Waals surface area contributed by atoms with E-state index in [1.807, 2.05) is 0 Å². The lowest BCUT2D eigenvalue weighted by molar-refractivity contribution is -0.253.